The quantitative estimate of drug-likeness (QED) is 0.395. The van der Waals surface area contributed by atoms with Crippen molar-refractivity contribution in [2.45, 2.75) is 34.1 Å². The zero-order valence-corrected chi connectivity index (χ0v) is 17.0. The van der Waals surface area contributed by atoms with E-state index in [2.05, 4.69) is 4.90 Å². The van der Waals surface area contributed by atoms with E-state index in [1.807, 2.05) is 27.7 Å². The Kier molecular flexibility index (Phi) is 17.9. The molecular formula is C15H35NO5P2. The van der Waals surface area contributed by atoms with Crippen LogP contribution in [0.1, 0.15) is 34.1 Å². The number of aliphatic hydroxyl groups is 1. The van der Waals surface area contributed by atoms with Gasteiger partial charge >= 0.3 is 0 Å². The summed E-state index contributed by atoms with van der Waals surface area (Å²) in [5.74, 6) is 0. The summed E-state index contributed by atoms with van der Waals surface area (Å²) in [7, 11) is -1.62. The van der Waals surface area contributed by atoms with Gasteiger partial charge in [0, 0.05) is 38.6 Å². The maximum atomic E-state index is 9.09. The van der Waals surface area contributed by atoms with E-state index in [1.165, 1.54) is 0 Å². The lowest BCUT2D eigenvalue weighted by atomic mass is 10.4. The van der Waals surface area contributed by atoms with E-state index in [1.54, 1.807) is 0 Å². The number of aliphatic hydroxyl groups excluding tert-OH is 1. The molecule has 8 heteroatoms. The summed E-state index contributed by atoms with van der Waals surface area (Å²) >= 11 is 0. The average molecular weight is 371 g/mol. The third kappa shape index (κ3) is 13.6. The Morgan fingerprint density at radius 2 is 1.09 bits per heavy atom. The van der Waals surface area contributed by atoms with Crippen molar-refractivity contribution in [3.63, 3.8) is 0 Å². The molecule has 0 saturated heterocycles. The van der Waals surface area contributed by atoms with Crippen molar-refractivity contribution in [3.8, 4) is 0 Å². The first kappa shape index (κ1) is 23.6. The fourth-order valence-electron chi connectivity index (χ4n) is 1.98. The summed E-state index contributed by atoms with van der Waals surface area (Å²) in [6, 6.07) is 0. The highest BCUT2D eigenvalue weighted by Crippen LogP contribution is 2.39. The Hall–Kier alpha value is 0.620. The Bertz CT molecular complexity index is 220. The van der Waals surface area contributed by atoms with Crippen molar-refractivity contribution < 1.29 is 23.2 Å². The molecule has 0 fully saturated rings. The van der Waals surface area contributed by atoms with E-state index in [4.69, 9.17) is 23.2 Å². The van der Waals surface area contributed by atoms with Gasteiger partial charge in [0.25, 0.3) is 0 Å². The maximum Gasteiger partial charge on any atom is 0.171 e. The summed E-state index contributed by atoms with van der Waals surface area (Å²) in [5, 5.41) is 9.09. The molecule has 0 aliphatic heterocycles. The third-order valence-electron chi connectivity index (χ3n) is 2.92. The molecule has 0 saturated carbocycles. The van der Waals surface area contributed by atoms with Crippen LogP contribution in [0, 0.1) is 0 Å². The molecule has 0 atom stereocenters. The summed E-state index contributed by atoms with van der Waals surface area (Å²) in [6.45, 7) is 13.6. The van der Waals surface area contributed by atoms with Gasteiger partial charge in [-0.25, -0.2) is 0 Å². The molecule has 0 aromatic heterocycles. The number of hydrogen-bond acceptors (Lipinski definition) is 6. The second kappa shape index (κ2) is 17.4. The molecule has 0 aliphatic carbocycles. The predicted molar refractivity (Wildman–Crippen MR) is 98.2 cm³/mol. The molecule has 0 rings (SSSR count). The normalized spacial score (nSPS) is 12.0. The summed E-state index contributed by atoms with van der Waals surface area (Å²) in [6.07, 6.45) is 2.57. The van der Waals surface area contributed by atoms with Crippen molar-refractivity contribution in [3.05, 3.63) is 0 Å². The lowest BCUT2D eigenvalue weighted by Crippen LogP contribution is -2.31. The van der Waals surface area contributed by atoms with Crippen molar-refractivity contribution in [2.24, 2.45) is 0 Å². The van der Waals surface area contributed by atoms with Crippen LogP contribution in [0.25, 0.3) is 0 Å². The first-order valence-corrected chi connectivity index (χ1v) is 11.3. The van der Waals surface area contributed by atoms with Crippen LogP contribution in [0.5, 0.6) is 0 Å². The van der Waals surface area contributed by atoms with E-state index >= 15 is 0 Å². The van der Waals surface area contributed by atoms with Crippen LogP contribution in [0.4, 0.5) is 0 Å². The molecular weight excluding hydrogens is 336 g/mol. The highest BCUT2D eigenvalue weighted by molar-refractivity contribution is 7.47. The second-order valence-corrected chi connectivity index (χ2v) is 7.96. The molecule has 23 heavy (non-hydrogen) atoms. The van der Waals surface area contributed by atoms with E-state index in [0.29, 0.717) is 26.4 Å². The van der Waals surface area contributed by atoms with Gasteiger partial charge in [-0.2, -0.15) is 0 Å². The minimum Gasteiger partial charge on any atom is -0.396 e. The van der Waals surface area contributed by atoms with Gasteiger partial charge in [0.1, 0.15) is 0 Å². The van der Waals surface area contributed by atoms with Crippen LogP contribution in [0.2, 0.25) is 0 Å². The molecule has 0 amide bonds. The SMILES string of the molecule is CCOP(CCN(CCCO)CCP(OCC)OCC)OCC. The van der Waals surface area contributed by atoms with Crippen molar-refractivity contribution in [1.29, 1.82) is 0 Å². The van der Waals surface area contributed by atoms with Gasteiger partial charge in [0.15, 0.2) is 16.8 Å². The van der Waals surface area contributed by atoms with Crippen LogP contribution >= 0.6 is 16.8 Å². The average Bonchev–Trinajstić information content (AvgIpc) is 2.54. The van der Waals surface area contributed by atoms with E-state index < -0.39 is 16.8 Å². The molecule has 0 unspecified atom stereocenters. The van der Waals surface area contributed by atoms with E-state index in [0.717, 1.165) is 38.4 Å². The molecule has 140 valence electrons. The Labute approximate surface area is 144 Å². The topological polar surface area (TPSA) is 60.4 Å². The molecule has 1 N–H and O–H groups in total. The lowest BCUT2D eigenvalue weighted by Gasteiger charge is -2.26. The lowest BCUT2D eigenvalue weighted by molar-refractivity contribution is 0.225. The monoisotopic (exact) mass is 371 g/mol. The molecule has 0 aromatic rings. The zero-order chi connectivity index (χ0) is 17.3. The second-order valence-electron chi connectivity index (χ2n) is 4.70. The first-order chi connectivity index (χ1) is 11.2. The summed E-state index contributed by atoms with van der Waals surface area (Å²) < 4.78 is 22.6. The van der Waals surface area contributed by atoms with Crippen LogP contribution in [-0.4, -0.2) is 75.0 Å². The molecule has 0 heterocycles. The summed E-state index contributed by atoms with van der Waals surface area (Å²) in [4.78, 5) is 2.34. The Morgan fingerprint density at radius 3 is 1.39 bits per heavy atom. The smallest absolute Gasteiger partial charge is 0.171 e. The highest BCUT2D eigenvalue weighted by atomic mass is 31.2. The van der Waals surface area contributed by atoms with Gasteiger partial charge in [-0.05, 0) is 34.1 Å². The molecule has 0 aliphatic rings. The molecule has 6 nitrogen and oxygen atoms in total. The fourth-order valence-corrected chi connectivity index (χ4v) is 4.69. The number of nitrogens with zero attached hydrogens (tertiary/aromatic N) is 1. The molecule has 0 aromatic carbocycles. The fraction of sp³-hybridized carbons (Fsp3) is 1.00. The number of hydrogen-bond donors (Lipinski definition) is 1. The van der Waals surface area contributed by atoms with Crippen LogP contribution in [-0.2, 0) is 18.1 Å². The zero-order valence-electron chi connectivity index (χ0n) is 15.2. The standard InChI is InChI=1S/C15H35NO5P2/c1-5-18-22(19-6-2)14-11-16(10-9-13-17)12-15-23(20-7-3)21-8-4/h17H,5-15H2,1-4H3. The van der Waals surface area contributed by atoms with Gasteiger partial charge in [0.2, 0.25) is 0 Å². The molecule has 0 bridgehead atoms. The van der Waals surface area contributed by atoms with Gasteiger partial charge in [-0.3, -0.25) is 0 Å². The summed E-state index contributed by atoms with van der Waals surface area (Å²) in [5.41, 5.74) is 0. The maximum absolute atomic E-state index is 9.09. The Balaban J connectivity index is 4.31. The van der Waals surface area contributed by atoms with E-state index in [-0.39, 0.29) is 6.61 Å². The predicted octanol–water partition coefficient (Wildman–Crippen LogP) is 3.44. The largest absolute Gasteiger partial charge is 0.396 e. The van der Waals surface area contributed by atoms with Crippen molar-refractivity contribution in [2.75, 3.05) is 65.0 Å². The minimum atomic E-state index is -0.809. The van der Waals surface area contributed by atoms with Gasteiger partial charge < -0.3 is 28.1 Å². The van der Waals surface area contributed by atoms with Crippen LogP contribution in [0.15, 0.2) is 0 Å². The first-order valence-electron chi connectivity index (χ1n) is 8.61. The molecule has 0 radical (unpaired) electrons. The van der Waals surface area contributed by atoms with Crippen LogP contribution in [0.3, 0.4) is 0 Å². The van der Waals surface area contributed by atoms with Crippen LogP contribution < -0.4 is 0 Å². The highest BCUT2D eigenvalue weighted by Gasteiger charge is 2.15. The van der Waals surface area contributed by atoms with Crippen molar-refractivity contribution in [1.82, 2.24) is 4.90 Å². The van der Waals surface area contributed by atoms with Crippen molar-refractivity contribution >= 4 is 16.8 Å². The minimum absolute atomic E-state index is 0.216. The Morgan fingerprint density at radius 1 is 0.696 bits per heavy atom. The third-order valence-corrected chi connectivity index (χ3v) is 6.24. The number of rotatable bonds is 17. The van der Waals surface area contributed by atoms with Gasteiger partial charge in [-0.15, -0.1) is 0 Å². The van der Waals surface area contributed by atoms with E-state index in [9.17, 15) is 0 Å². The van der Waals surface area contributed by atoms with Gasteiger partial charge in [0.05, 0.1) is 26.4 Å². The molecule has 0 spiro atoms. The van der Waals surface area contributed by atoms with Gasteiger partial charge in [-0.1, -0.05) is 0 Å².